The van der Waals surface area contributed by atoms with Crippen LogP contribution in [0.4, 0.5) is 5.69 Å². The number of anilines is 1. The van der Waals surface area contributed by atoms with Crippen molar-refractivity contribution in [2.24, 2.45) is 0 Å². The van der Waals surface area contributed by atoms with Crippen molar-refractivity contribution in [3.63, 3.8) is 0 Å². The van der Waals surface area contributed by atoms with E-state index in [4.69, 9.17) is 21.1 Å². The monoisotopic (exact) mass is 321 g/mol. The molecule has 22 heavy (non-hydrogen) atoms. The van der Waals surface area contributed by atoms with Crippen LogP contribution in [0.15, 0.2) is 30.1 Å². The molecular weight excluding hydrogens is 310 g/mol. The van der Waals surface area contributed by atoms with Gasteiger partial charge in [0.15, 0.2) is 5.57 Å². The van der Waals surface area contributed by atoms with Crippen molar-refractivity contribution in [3.8, 4) is 0 Å². The lowest BCUT2D eigenvalue weighted by Gasteiger charge is -2.29. The van der Waals surface area contributed by atoms with Crippen molar-refractivity contribution in [2.75, 3.05) is 5.32 Å². The summed E-state index contributed by atoms with van der Waals surface area (Å²) in [6, 6.07) is 3.38. The van der Waals surface area contributed by atoms with E-state index in [1.54, 1.807) is 18.3 Å². The summed E-state index contributed by atoms with van der Waals surface area (Å²) >= 11 is 6.05. The van der Waals surface area contributed by atoms with Crippen LogP contribution >= 0.6 is 11.6 Å². The standard InChI is InChI=1S/C14H12ClN3O4/c1-14(2)21-12(19)8(13(20)22-14)5-16-10-4-3-9(15)7-6-17-18-11(7)10/h3-6,16H,1-2H3,(H,17,18). The molecule has 1 aromatic heterocycles. The van der Waals surface area contributed by atoms with Gasteiger partial charge in [0, 0.05) is 25.4 Å². The molecule has 0 atom stereocenters. The van der Waals surface area contributed by atoms with Crippen molar-refractivity contribution >= 4 is 40.1 Å². The first kappa shape index (κ1) is 14.4. The summed E-state index contributed by atoms with van der Waals surface area (Å²) in [5, 5.41) is 10.8. The molecule has 0 saturated carbocycles. The number of carbonyl (C=O) groups excluding carboxylic acids is 2. The molecule has 2 N–H and O–H groups in total. The van der Waals surface area contributed by atoms with Crippen LogP contribution in [0, 0.1) is 0 Å². The van der Waals surface area contributed by atoms with Gasteiger partial charge in [0.1, 0.15) is 0 Å². The molecule has 2 heterocycles. The van der Waals surface area contributed by atoms with E-state index in [1.807, 2.05) is 0 Å². The molecule has 1 saturated heterocycles. The molecular formula is C14H12ClN3O4. The predicted octanol–water partition coefficient (Wildman–Crippen LogP) is 2.35. The quantitative estimate of drug-likeness (QED) is 0.501. The van der Waals surface area contributed by atoms with E-state index >= 15 is 0 Å². The number of cyclic esters (lactones) is 2. The number of aromatic amines is 1. The second kappa shape index (κ2) is 5.03. The largest absolute Gasteiger partial charge is 0.419 e. The van der Waals surface area contributed by atoms with Gasteiger partial charge in [-0.2, -0.15) is 5.10 Å². The third-order valence-corrected chi connectivity index (χ3v) is 3.38. The number of carbonyl (C=O) groups is 2. The summed E-state index contributed by atoms with van der Waals surface area (Å²) in [4.78, 5) is 23.7. The minimum absolute atomic E-state index is 0.220. The Labute approximate surface area is 130 Å². The highest BCUT2D eigenvalue weighted by Gasteiger charge is 2.38. The normalized spacial score (nSPS) is 17.1. The zero-order valence-electron chi connectivity index (χ0n) is 11.8. The average molecular weight is 322 g/mol. The van der Waals surface area contributed by atoms with Gasteiger partial charge in [0.05, 0.1) is 22.4 Å². The Bertz CT molecular complexity index is 788. The Morgan fingerprint density at radius 2 is 1.95 bits per heavy atom. The first-order valence-corrected chi connectivity index (χ1v) is 6.80. The van der Waals surface area contributed by atoms with Gasteiger partial charge in [-0.05, 0) is 12.1 Å². The van der Waals surface area contributed by atoms with Crippen LogP contribution in [0.25, 0.3) is 10.9 Å². The minimum atomic E-state index is -1.26. The number of hydrogen-bond donors (Lipinski definition) is 2. The lowest BCUT2D eigenvalue weighted by atomic mass is 10.2. The van der Waals surface area contributed by atoms with E-state index in [0.29, 0.717) is 16.2 Å². The topological polar surface area (TPSA) is 93.3 Å². The molecule has 2 aromatic rings. The lowest BCUT2D eigenvalue weighted by molar-refractivity contribution is -0.222. The molecule has 0 radical (unpaired) electrons. The summed E-state index contributed by atoms with van der Waals surface area (Å²) < 4.78 is 10.0. The number of ether oxygens (including phenoxy) is 2. The minimum Gasteiger partial charge on any atom is -0.419 e. The lowest BCUT2D eigenvalue weighted by Crippen LogP contribution is -2.42. The number of aromatic nitrogens is 2. The smallest absolute Gasteiger partial charge is 0.350 e. The first-order chi connectivity index (χ1) is 10.4. The maximum Gasteiger partial charge on any atom is 0.350 e. The van der Waals surface area contributed by atoms with Crippen LogP contribution in [0.3, 0.4) is 0 Å². The molecule has 1 fully saturated rings. The molecule has 0 amide bonds. The number of nitrogens with one attached hydrogen (secondary N) is 2. The maximum absolute atomic E-state index is 11.8. The summed E-state index contributed by atoms with van der Waals surface area (Å²) in [5.74, 6) is -2.75. The second-order valence-corrected chi connectivity index (χ2v) is 5.54. The molecule has 0 unspecified atom stereocenters. The number of benzene rings is 1. The van der Waals surface area contributed by atoms with E-state index in [9.17, 15) is 9.59 Å². The Morgan fingerprint density at radius 1 is 1.27 bits per heavy atom. The zero-order valence-corrected chi connectivity index (χ0v) is 12.5. The summed E-state index contributed by atoms with van der Waals surface area (Å²) in [6.07, 6.45) is 2.82. The van der Waals surface area contributed by atoms with Crippen molar-refractivity contribution in [1.29, 1.82) is 0 Å². The van der Waals surface area contributed by atoms with Crippen LogP contribution < -0.4 is 5.32 Å². The highest BCUT2D eigenvalue weighted by molar-refractivity contribution is 6.35. The molecule has 0 spiro atoms. The zero-order chi connectivity index (χ0) is 15.9. The van der Waals surface area contributed by atoms with Crippen molar-refractivity contribution in [2.45, 2.75) is 19.6 Å². The fourth-order valence-electron chi connectivity index (χ4n) is 2.05. The number of halogens is 1. The van der Waals surface area contributed by atoms with Crippen LogP contribution in [0.5, 0.6) is 0 Å². The van der Waals surface area contributed by atoms with Gasteiger partial charge in [-0.3, -0.25) is 5.10 Å². The molecule has 1 aliphatic rings. The van der Waals surface area contributed by atoms with Crippen LogP contribution in [-0.4, -0.2) is 27.9 Å². The predicted molar refractivity (Wildman–Crippen MR) is 79.1 cm³/mol. The fourth-order valence-corrected chi connectivity index (χ4v) is 2.26. The third kappa shape index (κ3) is 2.50. The van der Waals surface area contributed by atoms with E-state index in [2.05, 4.69) is 15.5 Å². The molecule has 7 nitrogen and oxygen atoms in total. The van der Waals surface area contributed by atoms with Gasteiger partial charge >= 0.3 is 11.9 Å². The van der Waals surface area contributed by atoms with Crippen molar-refractivity contribution in [3.05, 3.63) is 35.1 Å². The Hall–Kier alpha value is -2.54. The number of hydrogen-bond acceptors (Lipinski definition) is 6. The molecule has 114 valence electrons. The molecule has 1 aliphatic heterocycles. The van der Waals surface area contributed by atoms with Crippen LogP contribution in [0.2, 0.25) is 5.02 Å². The summed E-state index contributed by atoms with van der Waals surface area (Å²) in [7, 11) is 0. The third-order valence-electron chi connectivity index (χ3n) is 3.05. The molecule has 3 rings (SSSR count). The highest BCUT2D eigenvalue weighted by Crippen LogP contribution is 2.28. The number of H-pyrrole nitrogens is 1. The molecule has 0 aliphatic carbocycles. The van der Waals surface area contributed by atoms with Gasteiger partial charge in [-0.25, -0.2) is 9.59 Å². The van der Waals surface area contributed by atoms with Gasteiger partial charge in [0.2, 0.25) is 0 Å². The van der Waals surface area contributed by atoms with E-state index in [1.165, 1.54) is 20.0 Å². The molecule has 0 bridgehead atoms. The maximum atomic E-state index is 11.8. The van der Waals surface area contributed by atoms with Gasteiger partial charge < -0.3 is 14.8 Å². The molecule has 1 aromatic carbocycles. The van der Waals surface area contributed by atoms with Crippen molar-refractivity contribution in [1.82, 2.24) is 10.2 Å². The Morgan fingerprint density at radius 3 is 2.64 bits per heavy atom. The highest BCUT2D eigenvalue weighted by atomic mass is 35.5. The number of esters is 2. The van der Waals surface area contributed by atoms with Gasteiger partial charge in [-0.15, -0.1) is 0 Å². The number of nitrogens with zero attached hydrogens (tertiary/aromatic N) is 1. The van der Waals surface area contributed by atoms with E-state index in [0.717, 1.165) is 5.39 Å². The van der Waals surface area contributed by atoms with Gasteiger partial charge in [0.25, 0.3) is 5.79 Å². The van der Waals surface area contributed by atoms with E-state index < -0.39 is 17.7 Å². The van der Waals surface area contributed by atoms with Crippen LogP contribution in [0.1, 0.15) is 13.8 Å². The Kier molecular flexibility index (Phi) is 3.29. The SMILES string of the molecule is CC1(C)OC(=O)C(=CNc2ccc(Cl)c3cn[nH]c23)C(=O)O1. The van der Waals surface area contributed by atoms with E-state index in [-0.39, 0.29) is 5.57 Å². The fraction of sp³-hybridized carbons (Fsp3) is 0.214. The average Bonchev–Trinajstić information content (AvgIpc) is 2.89. The number of rotatable bonds is 2. The molecule has 8 heteroatoms. The summed E-state index contributed by atoms with van der Waals surface area (Å²) in [5.41, 5.74) is 1.04. The Balaban J connectivity index is 1.90. The second-order valence-electron chi connectivity index (χ2n) is 5.13. The summed E-state index contributed by atoms with van der Waals surface area (Å²) in [6.45, 7) is 2.97. The first-order valence-electron chi connectivity index (χ1n) is 6.42. The van der Waals surface area contributed by atoms with Crippen molar-refractivity contribution < 1.29 is 19.1 Å². The van der Waals surface area contributed by atoms with Gasteiger partial charge in [-0.1, -0.05) is 11.6 Å². The number of fused-ring (bicyclic) bond motifs is 1. The van der Waals surface area contributed by atoms with Crippen LogP contribution in [-0.2, 0) is 19.1 Å².